The van der Waals surface area contributed by atoms with Crippen molar-refractivity contribution in [3.05, 3.63) is 34.9 Å². The maximum absolute atomic E-state index is 9.98. The molecule has 1 aromatic carbocycles. The lowest BCUT2D eigenvalue weighted by molar-refractivity contribution is -0.104. The number of aromatic hydroxyl groups is 1. The Kier molecular flexibility index (Phi) is 2.88. The summed E-state index contributed by atoms with van der Waals surface area (Å²) in [6, 6.07) is 4.57. The van der Waals surface area contributed by atoms with Crippen LogP contribution in [0.3, 0.4) is 0 Å². The van der Waals surface area contributed by atoms with Crippen molar-refractivity contribution in [2.24, 2.45) is 0 Å². The van der Waals surface area contributed by atoms with Gasteiger partial charge in [-0.3, -0.25) is 4.79 Å². The minimum absolute atomic E-state index is 0.114. The fourth-order valence-electron chi connectivity index (χ4n) is 0.794. The van der Waals surface area contributed by atoms with Crippen LogP contribution in [0.1, 0.15) is 5.56 Å². The molecule has 0 amide bonds. The summed E-state index contributed by atoms with van der Waals surface area (Å²) in [5, 5.41) is 9.41. The predicted molar refractivity (Wildman–Crippen MR) is 48.2 cm³/mol. The van der Waals surface area contributed by atoms with E-state index in [9.17, 15) is 4.79 Å². The van der Waals surface area contributed by atoms with Crippen molar-refractivity contribution in [1.29, 1.82) is 0 Å². The van der Waals surface area contributed by atoms with Gasteiger partial charge < -0.3 is 5.11 Å². The number of carbonyl (C=O) groups excluding carboxylic acids is 1. The minimum Gasteiger partial charge on any atom is -0.508 e. The Morgan fingerprint density at radius 3 is 2.75 bits per heavy atom. The third-order valence-corrected chi connectivity index (χ3v) is 1.67. The average molecular weight is 183 g/mol. The third kappa shape index (κ3) is 2.10. The van der Waals surface area contributed by atoms with Gasteiger partial charge in [-0.25, -0.2) is 0 Å². The lowest BCUT2D eigenvalue weighted by atomic mass is 10.2. The molecule has 0 atom stereocenters. The zero-order chi connectivity index (χ0) is 8.97. The van der Waals surface area contributed by atoms with Gasteiger partial charge in [0.1, 0.15) is 12.0 Å². The first kappa shape index (κ1) is 8.81. The summed E-state index contributed by atoms with van der Waals surface area (Å²) in [6.07, 6.45) is 3.59. The molecule has 0 aromatic heterocycles. The molecule has 0 aliphatic rings. The Labute approximate surface area is 75.1 Å². The summed E-state index contributed by atoms with van der Waals surface area (Å²) < 4.78 is 0. The SMILES string of the molecule is O=CC=Cc1ccc(O)cc1Cl. The van der Waals surface area contributed by atoms with Crippen LogP contribution in [0.5, 0.6) is 5.75 Å². The Bertz CT molecular complexity index is 318. The van der Waals surface area contributed by atoms with Crippen LogP contribution < -0.4 is 0 Å². The highest BCUT2D eigenvalue weighted by Gasteiger charge is 1.96. The van der Waals surface area contributed by atoms with Gasteiger partial charge in [0, 0.05) is 0 Å². The van der Waals surface area contributed by atoms with E-state index in [1.54, 1.807) is 12.1 Å². The smallest absolute Gasteiger partial charge is 0.142 e. The van der Waals surface area contributed by atoms with Crippen LogP contribution in [0.2, 0.25) is 5.02 Å². The van der Waals surface area contributed by atoms with E-state index >= 15 is 0 Å². The number of phenols is 1. The highest BCUT2D eigenvalue weighted by molar-refractivity contribution is 6.32. The topological polar surface area (TPSA) is 37.3 Å². The van der Waals surface area contributed by atoms with Crippen molar-refractivity contribution >= 4 is 24.0 Å². The molecular formula is C9H7ClO2. The van der Waals surface area contributed by atoms with E-state index < -0.39 is 0 Å². The second-order valence-corrected chi connectivity index (χ2v) is 2.61. The molecule has 2 nitrogen and oxygen atoms in total. The van der Waals surface area contributed by atoms with Crippen LogP contribution in [0, 0.1) is 0 Å². The summed E-state index contributed by atoms with van der Waals surface area (Å²) in [7, 11) is 0. The van der Waals surface area contributed by atoms with Crippen LogP contribution >= 0.6 is 11.6 Å². The molecule has 0 saturated carbocycles. The second-order valence-electron chi connectivity index (χ2n) is 2.20. The molecule has 1 aromatic rings. The van der Waals surface area contributed by atoms with E-state index in [0.717, 1.165) is 0 Å². The summed E-state index contributed by atoms with van der Waals surface area (Å²) >= 11 is 5.74. The molecule has 0 bridgehead atoms. The van der Waals surface area contributed by atoms with E-state index in [0.29, 0.717) is 16.9 Å². The highest BCUT2D eigenvalue weighted by Crippen LogP contribution is 2.22. The maximum atomic E-state index is 9.98. The van der Waals surface area contributed by atoms with Gasteiger partial charge in [0.2, 0.25) is 0 Å². The zero-order valence-electron chi connectivity index (χ0n) is 6.20. The largest absolute Gasteiger partial charge is 0.508 e. The normalized spacial score (nSPS) is 10.4. The van der Waals surface area contributed by atoms with Gasteiger partial charge in [0.05, 0.1) is 5.02 Å². The van der Waals surface area contributed by atoms with Crippen LogP contribution in [0.15, 0.2) is 24.3 Å². The monoisotopic (exact) mass is 182 g/mol. The highest BCUT2D eigenvalue weighted by atomic mass is 35.5. The first-order valence-corrected chi connectivity index (χ1v) is 3.72. The summed E-state index contributed by atoms with van der Waals surface area (Å²) in [5.41, 5.74) is 0.710. The van der Waals surface area contributed by atoms with Gasteiger partial charge in [-0.15, -0.1) is 0 Å². The molecule has 0 radical (unpaired) electrons. The molecule has 0 heterocycles. The minimum atomic E-state index is 0.114. The Morgan fingerprint density at radius 2 is 2.17 bits per heavy atom. The number of benzene rings is 1. The summed E-state index contributed by atoms with van der Waals surface area (Å²) in [5.74, 6) is 0.114. The number of phenolic OH excluding ortho intramolecular Hbond substituents is 1. The number of hydrogen-bond acceptors (Lipinski definition) is 2. The first-order chi connectivity index (χ1) is 5.74. The Balaban J connectivity index is 3.01. The molecule has 0 spiro atoms. The number of hydrogen-bond donors (Lipinski definition) is 1. The predicted octanol–water partition coefficient (Wildman–Crippen LogP) is 2.26. The van der Waals surface area contributed by atoms with Crippen LogP contribution in [0.25, 0.3) is 6.08 Å². The molecule has 62 valence electrons. The van der Waals surface area contributed by atoms with E-state index in [1.165, 1.54) is 18.2 Å². The summed E-state index contributed by atoms with van der Waals surface area (Å²) in [4.78, 5) is 9.98. The van der Waals surface area contributed by atoms with Crippen molar-refractivity contribution < 1.29 is 9.90 Å². The van der Waals surface area contributed by atoms with Crippen molar-refractivity contribution in [2.75, 3.05) is 0 Å². The maximum Gasteiger partial charge on any atom is 0.142 e. The molecule has 12 heavy (non-hydrogen) atoms. The first-order valence-electron chi connectivity index (χ1n) is 3.34. The van der Waals surface area contributed by atoms with Gasteiger partial charge in [-0.05, 0) is 29.8 Å². The average Bonchev–Trinajstić information content (AvgIpc) is 2.03. The van der Waals surface area contributed by atoms with Gasteiger partial charge in [0.15, 0.2) is 0 Å². The molecule has 1 rings (SSSR count). The Morgan fingerprint density at radius 1 is 1.42 bits per heavy atom. The van der Waals surface area contributed by atoms with Crippen molar-refractivity contribution in [3.8, 4) is 5.75 Å². The quantitative estimate of drug-likeness (QED) is 0.563. The van der Waals surface area contributed by atoms with Gasteiger partial charge in [-0.2, -0.15) is 0 Å². The molecule has 0 aliphatic carbocycles. The van der Waals surface area contributed by atoms with Crippen LogP contribution in [-0.2, 0) is 4.79 Å². The number of carbonyl (C=O) groups is 1. The second kappa shape index (κ2) is 3.93. The number of allylic oxidation sites excluding steroid dienone is 1. The van der Waals surface area contributed by atoms with E-state index in [4.69, 9.17) is 16.7 Å². The fraction of sp³-hybridized carbons (Fsp3) is 0. The zero-order valence-corrected chi connectivity index (χ0v) is 6.95. The molecule has 0 fully saturated rings. The van der Waals surface area contributed by atoms with Crippen LogP contribution in [-0.4, -0.2) is 11.4 Å². The lowest BCUT2D eigenvalue weighted by Crippen LogP contribution is -1.74. The number of rotatable bonds is 2. The van der Waals surface area contributed by atoms with Gasteiger partial charge in [-0.1, -0.05) is 17.7 Å². The molecule has 0 aliphatic heterocycles. The van der Waals surface area contributed by atoms with E-state index in [2.05, 4.69) is 0 Å². The van der Waals surface area contributed by atoms with Gasteiger partial charge in [0.25, 0.3) is 0 Å². The molecule has 1 N–H and O–H groups in total. The Hall–Kier alpha value is -1.28. The number of halogens is 1. The van der Waals surface area contributed by atoms with E-state index in [1.807, 2.05) is 0 Å². The van der Waals surface area contributed by atoms with Gasteiger partial charge >= 0.3 is 0 Å². The number of aldehydes is 1. The summed E-state index contributed by atoms with van der Waals surface area (Å²) in [6.45, 7) is 0. The standard InChI is InChI=1S/C9H7ClO2/c10-9-6-8(12)4-3-7(9)2-1-5-11/h1-6,12H. The lowest BCUT2D eigenvalue weighted by Gasteiger charge is -1.97. The molecule has 0 unspecified atom stereocenters. The fourth-order valence-corrected chi connectivity index (χ4v) is 1.03. The third-order valence-electron chi connectivity index (χ3n) is 1.34. The van der Waals surface area contributed by atoms with Crippen molar-refractivity contribution in [3.63, 3.8) is 0 Å². The van der Waals surface area contributed by atoms with E-state index in [-0.39, 0.29) is 5.75 Å². The molecule has 0 saturated heterocycles. The molecular weight excluding hydrogens is 176 g/mol. The van der Waals surface area contributed by atoms with Crippen molar-refractivity contribution in [1.82, 2.24) is 0 Å². The van der Waals surface area contributed by atoms with Crippen LogP contribution in [0.4, 0.5) is 0 Å². The molecule has 3 heteroatoms. The van der Waals surface area contributed by atoms with Crippen molar-refractivity contribution in [2.45, 2.75) is 0 Å².